The van der Waals surface area contributed by atoms with Crippen LogP contribution in [-0.4, -0.2) is 29.4 Å². The number of nitrogens with one attached hydrogen (secondary N) is 3. The highest BCUT2D eigenvalue weighted by molar-refractivity contribution is 5.93. The molecule has 2 rings (SSSR count). The molecule has 0 aromatic carbocycles. The predicted octanol–water partition coefficient (Wildman–Crippen LogP) is 0.472. The van der Waals surface area contributed by atoms with Crippen molar-refractivity contribution in [2.75, 3.05) is 6.54 Å². The molecule has 0 saturated heterocycles. The van der Waals surface area contributed by atoms with E-state index in [1.807, 2.05) is 0 Å². The number of carbonyl (C=O) groups is 2. The van der Waals surface area contributed by atoms with E-state index in [0.29, 0.717) is 31.1 Å². The topological polar surface area (TPSA) is 91.1 Å². The number of aromatic nitrogens is 1. The Balaban J connectivity index is 1.71. The molecular formula is C14H19N3O3. The van der Waals surface area contributed by atoms with Crippen LogP contribution in [0.4, 0.5) is 0 Å². The fourth-order valence-electron chi connectivity index (χ4n) is 1.82. The maximum Gasteiger partial charge on any atom is 0.256 e. The van der Waals surface area contributed by atoms with E-state index < -0.39 is 5.91 Å². The van der Waals surface area contributed by atoms with Crippen LogP contribution in [0.2, 0.25) is 0 Å². The van der Waals surface area contributed by atoms with Gasteiger partial charge in [-0.25, -0.2) is 0 Å². The summed E-state index contributed by atoms with van der Waals surface area (Å²) in [4.78, 5) is 37.6. The molecule has 0 radical (unpaired) electrons. The first-order chi connectivity index (χ1) is 9.56. The van der Waals surface area contributed by atoms with Crippen LogP contribution >= 0.6 is 0 Å². The summed E-state index contributed by atoms with van der Waals surface area (Å²) in [5.41, 5.74) is 0.506. The fourth-order valence-corrected chi connectivity index (χ4v) is 1.82. The van der Waals surface area contributed by atoms with Gasteiger partial charge in [-0.1, -0.05) is 0 Å². The highest BCUT2D eigenvalue weighted by atomic mass is 16.2. The highest BCUT2D eigenvalue weighted by Gasteiger charge is 2.22. The third-order valence-corrected chi connectivity index (χ3v) is 3.11. The van der Waals surface area contributed by atoms with Gasteiger partial charge in [-0.05, 0) is 26.2 Å². The monoisotopic (exact) mass is 277 g/mol. The summed E-state index contributed by atoms with van der Waals surface area (Å²) in [5, 5.41) is 5.53. The van der Waals surface area contributed by atoms with Crippen LogP contribution in [0.1, 0.15) is 41.7 Å². The molecule has 6 nitrogen and oxygen atoms in total. The Labute approximate surface area is 117 Å². The minimum Gasteiger partial charge on any atom is -0.364 e. The first kappa shape index (κ1) is 14.3. The van der Waals surface area contributed by atoms with E-state index in [-0.39, 0.29) is 16.9 Å². The van der Waals surface area contributed by atoms with Gasteiger partial charge in [0.15, 0.2) is 5.43 Å². The highest BCUT2D eigenvalue weighted by Crippen LogP contribution is 2.18. The summed E-state index contributed by atoms with van der Waals surface area (Å²) < 4.78 is 0. The molecule has 6 heteroatoms. The van der Waals surface area contributed by atoms with Gasteiger partial charge in [-0.15, -0.1) is 0 Å². The second-order valence-electron chi connectivity index (χ2n) is 5.10. The van der Waals surface area contributed by atoms with Crippen molar-refractivity contribution in [1.82, 2.24) is 15.6 Å². The molecule has 1 saturated carbocycles. The van der Waals surface area contributed by atoms with Gasteiger partial charge in [0.05, 0.1) is 0 Å². The zero-order chi connectivity index (χ0) is 14.5. The third-order valence-electron chi connectivity index (χ3n) is 3.11. The Bertz CT molecular complexity index is 561. The second-order valence-corrected chi connectivity index (χ2v) is 5.10. The summed E-state index contributed by atoms with van der Waals surface area (Å²) >= 11 is 0. The number of amides is 2. The lowest BCUT2D eigenvalue weighted by atomic mass is 10.2. The lowest BCUT2D eigenvalue weighted by Crippen LogP contribution is -2.31. The van der Waals surface area contributed by atoms with E-state index in [0.717, 1.165) is 12.8 Å². The van der Waals surface area contributed by atoms with Crippen LogP contribution in [0.15, 0.2) is 17.1 Å². The molecule has 0 bridgehead atoms. The average Bonchev–Trinajstić information content (AvgIpc) is 3.18. The minimum absolute atomic E-state index is 0.0231. The van der Waals surface area contributed by atoms with Crippen LogP contribution in [-0.2, 0) is 4.79 Å². The van der Waals surface area contributed by atoms with E-state index in [1.165, 1.54) is 12.3 Å². The van der Waals surface area contributed by atoms with Crippen molar-refractivity contribution in [3.63, 3.8) is 0 Å². The van der Waals surface area contributed by atoms with Gasteiger partial charge in [0.1, 0.15) is 5.56 Å². The van der Waals surface area contributed by atoms with Crippen molar-refractivity contribution < 1.29 is 9.59 Å². The molecule has 108 valence electrons. The number of aromatic amines is 1. The molecule has 1 fully saturated rings. The van der Waals surface area contributed by atoms with Crippen molar-refractivity contribution in [2.45, 2.75) is 38.6 Å². The molecule has 0 aliphatic heterocycles. The van der Waals surface area contributed by atoms with Crippen LogP contribution in [0.5, 0.6) is 0 Å². The Morgan fingerprint density at radius 2 is 2.15 bits per heavy atom. The number of H-pyrrole nitrogens is 1. The summed E-state index contributed by atoms with van der Waals surface area (Å²) in [6, 6.07) is 1.75. The molecule has 1 aromatic heterocycles. The summed E-state index contributed by atoms with van der Waals surface area (Å²) in [6.07, 6.45) is 4.50. The molecule has 3 N–H and O–H groups in total. The van der Waals surface area contributed by atoms with Crippen molar-refractivity contribution in [3.8, 4) is 0 Å². The first-order valence-electron chi connectivity index (χ1n) is 6.83. The van der Waals surface area contributed by atoms with E-state index >= 15 is 0 Å². The number of hydrogen-bond donors (Lipinski definition) is 3. The van der Waals surface area contributed by atoms with Gasteiger partial charge in [-0.2, -0.15) is 0 Å². The Kier molecular flexibility index (Phi) is 4.55. The molecule has 1 heterocycles. The van der Waals surface area contributed by atoms with Gasteiger partial charge in [0, 0.05) is 37.0 Å². The normalized spacial score (nSPS) is 13.8. The Morgan fingerprint density at radius 1 is 1.40 bits per heavy atom. The zero-order valence-corrected chi connectivity index (χ0v) is 11.5. The van der Waals surface area contributed by atoms with Crippen LogP contribution < -0.4 is 16.1 Å². The maximum atomic E-state index is 11.8. The summed E-state index contributed by atoms with van der Waals surface area (Å²) in [7, 11) is 0. The van der Waals surface area contributed by atoms with Crippen molar-refractivity contribution >= 4 is 11.8 Å². The van der Waals surface area contributed by atoms with E-state index in [1.54, 1.807) is 6.92 Å². The van der Waals surface area contributed by atoms with E-state index in [2.05, 4.69) is 15.6 Å². The largest absolute Gasteiger partial charge is 0.364 e. The fraction of sp³-hybridized carbons (Fsp3) is 0.500. The van der Waals surface area contributed by atoms with Crippen LogP contribution in [0, 0.1) is 6.92 Å². The summed E-state index contributed by atoms with van der Waals surface area (Å²) in [6.45, 7) is 2.13. The van der Waals surface area contributed by atoms with Crippen LogP contribution in [0.25, 0.3) is 0 Å². The second kappa shape index (κ2) is 6.36. The molecule has 1 aliphatic carbocycles. The number of rotatable bonds is 6. The molecular weight excluding hydrogens is 258 g/mol. The molecule has 2 amide bonds. The van der Waals surface area contributed by atoms with Crippen molar-refractivity contribution in [1.29, 1.82) is 0 Å². The quantitative estimate of drug-likeness (QED) is 0.660. The SMILES string of the molecule is Cc1cc(=O)c(C(=O)NCCCC(=O)NC2CC2)c[nH]1. The minimum atomic E-state index is -0.408. The smallest absolute Gasteiger partial charge is 0.256 e. The maximum absolute atomic E-state index is 11.8. The zero-order valence-electron chi connectivity index (χ0n) is 11.5. The lowest BCUT2D eigenvalue weighted by Gasteiger charge is -2.05. The molecule has 0 spiro atoms. The number of aryl methyl sites for hydroxylation is 1. The van der Waals surface area contributed by atoms with Gasteiger partial charge in [0.2, 0.25) is 5.91 Å². The Hall–Kier alpha value is -2.11. The molecule has 0 atom stereocenters. The molecule has 1 aliphatic rings. The molecule has 0 unspecified atom stereocenters. The van der Waals surface area contributed by atoms with Crippen molar-refractivity contribution in [3.05, 3.63) is 33.7 Å². The summed E-state index contributed by atoms with van der Waals surface area (Å²) in [5.74, 6) is -0.385. The predicted molar refractivity (Wildman–Crippen MR) is 74.5 cm³/mol. The third kappa shape index (κ3) is 4.22. The van der Waals surface area contributed by atoms with Gasteiger partial charge < -0.3 is 15.6 Å². The molecule has 20 heavy (non-hydrogen) atoms. The van der Waals surface area contributed by atoms with Crippen LogP contribution in [0.3, 0.4) is 0 Å². The van der Waals surface area contributed by atoms with Gasteiger partial charge in [0.25, 0.3) is 5.91 Å². The van der Waals surface area contributed by atoms with Gasteiger partial charge in [-0.3, -0.25) is 14.4 Å². The number of hydrogen-bond acceptors (Lipinski definition) is 3. The van der Waals surface area contributed by atoms with Crippen molar-refractivity contribution in [2.24, 2.45) is 0 Å². The Morgan fingerprint density at radius 3 is 2.80 bits per heavy atom. The number of carbonyl (C=O) groups excluding carboxylic acids is 2. The average molecular weight is 277 g/mol. The standard InChI is InChI=1S/C14H19N3O3/c1-9-7-12(18)11(8-16-9)14(20)15-6-2-3-13(19)17-10-4-5-10/h7-8,10H,2-6H2,1H3,(H,15,20)(H,16,18)(H,17,19). The molecule has 1 aromatic rings. The van der Waals surface area contributed by atoms with E-state index in [4.69, 9.17) is 0 Å². The first-order valence-corrected chi connectivity index (χ1v) is 6.83. The van der Waals surface area contributed by atoms with Gasteiger partial charge >= 0.3 is 0 Å². The van der Waals surface area contributed by atoms with E-state index in [9.17, 15) is 14.4 Å². The number of pyridine rings is 1. The lowest BCUT2D eigenvalue weighted by molar-refractivity contribution is -0.121.